The Balaban J connectivity index is 1.29. The van der Waals surface area contributed by atoms with Gasteiger partial charge in [-0.3, -0.25) is 0 Å². The highest BCUT2D eigenvalue weighted by atomic mass is 15.1. The molecule has 0 bridgehead atoms. The second-order valence-corrected chi connectivity index (χ2v) is 13.6. The van der Waals surface area contributed by atoms with E-state index in [-0.39, 0.29) is 0 Å². The molecule has 2 heteroatoms. The molecule has 250 valence electrons. The zero-order valence-electron chi connectivity index (χ0n) is 30.1. The summed E-state index contributed by atoms with van der Waals surface area (Å²) in [5.41, 5.74) is 17.7. The molecule has 51 heavy (non-hydrogen) atoms. The average Bonchev–Trinajstić information content (AvgIpc) is 3.15. The first-order valence-corrected chi connectivity index (χ1v) is 17.7. The Morgan fingerprint density at radius 1 is 0.294 bits per heavy atom. The Bertz CT molecular complexity index is 1990. The number of hydrogen-bond acceptors (Lipinski definition) is 2. The molecule has 0 atom stereocenters. The summed E-state index contributed by atoms with van der Waals surface area (Å²) in [6, 6.07) is 61.7. The lowest BCUT2D eigenvalue weighted by Gasteiger charge is -2.26. The highest BCUT2D eigenvalue weighted by molar-refractivity contribution is 5.93. The topological polar surface area (TPSA) is 6.48 Å². The molecular weight excluding hydrogens is 617 g/mol. The van der Waals surface area contributed by atoms with Gasteiger partial charge in [-0.05, 0) is 136 Å². The van der Waals surface area contributed by atoms with Crippen LogP contribution < -0.4 is 9.80 Å². The van der Waals surface area contributed by atoms with Crippen LogP contribution >= 0.6 is 0 Å². The molecule has 0 saturated heterocycles. The third-order valence-corrected chi connectivity index (χ3v) is 9.43. The van der Waals surface area contributed by atoms with E-state index < -0.39 is 0 Å². The van der Waals surface area contributed by atoms with Crippen molar-refractivity contribution in [1.29, 1.82) is 0 Å². The van der Waals surface area contributed by atoms with Crippen molar-refractivity contribution in [1.82, 2.24) is 0 Å². The maximum Gasteiger partial charge on any atom is 0.0462 e. The van der Waals surface area contributed by atoms with Crippen molar-refractivity contribution in [2.45, 2.75) is 34.6 Å². The second-order valence-electron chi connectivity index (χ2n) is 13.6. The van der Waals surface area contributed by atoms with E-state index >= 15 is 0 Å². The normalized spacial score (nSPS) is 10.8. The van der Waals surface area contributed by atoms with Crippen molar-refractivity contribution in [2.24, 2.45) is 0 Å². The molecule has 2 nitrogen and oxygen atoms in total. The zero-order valence-corrected chi connectivity index (χ0v) is 30.1. The molecule has 0 aromatic heterocycles. The van der Waals surface area contributed by atoms with Gasteiger partial charge < -0.3 is 9.80 Å². The summed E-state index contributed by atoms with van der Waals surface area (Å²) in [5.74, 6) is 0. The van der Waals surface area contributed by atoms with Crippen LogP contribution in [0.25, 0.3) is 11.6 Å². The first-order chi connectivity index (χ1) is 24.8. The molecular formula is C49H44N2. The summed E-state index contributed by atoms with van der Waals surface area (Å²) >= 11 is 0. The first kappa shape index (κ1) is 33.4. The van der Waals surface area contributed by atoms with Crippen LogP contribution in [-0.4, -0.2) is 0 Å². The first-order valence-electron chi connectivity index (χ1n) is 17.7. The molecule has 0 N–H and O–H groups in total. The van der Waals surface area contributed by atoms with Gasteiger partial charge in [0.2, 0.25) is 0 Å². The standard InChI is InChI=1S/C49H44N2/c1-35-6-16-40(17-7-35)34-49(41-18-30-47(31-19-41)50(43-22-8-36(2)9-23-43)44-24-10-37(3)11-25-44)42-20-32-48(33-21-42)51(45-26-12-38(4)13-27-45)46-28-14-39(5)15-29-46/h6-34H,1-5H3. The molecule has 0 aliphatic carbocycles. The number of anilines is 6. The lowest BCUT2D eigenvalue weighted by Crippen LogP contribution is -2.10. The number of benzene rings is 7. The summed E-state index contributed by atoms with van der Waals surface area (Å²) in [6.07, 6.45) is 2.30. The molecule has 0 radical (unpaired) electrons. The van der Waals surface area contributed by atoms with E-state index in [4.69, 9.17) is 0 Å². The van der Waals surface area contributed by atoms with Crippen LogP contribution in [0.15, 0.2) is 170 Å². The molecule has 0 heterocycles. The second kappa shape index (κ2) is 14.8. The number of rotatable bonds is 9. The number of hydrogen-bond donors (Lipinski definition) is 0. The maximum absolute atomic E-state index is 2.32. The smallest absolute Gasteiger partial charge is 0.0462 e. The van der Waals surface area contributed by atoms with Crippen molar-refractivity contribution in [3.05, 3.63) is 214 Å². The van der Waals surface area contributed by atoms with E-state index in [1.165, 1.54) is 39.0 Å². The summed E-state index contributed by atoms with van der Waals surface area (Å²) in [4.78, 5) is 4.65. The SMILES string of the molecule is Cc1ccc(C=C(c2ccc(N(c3ccc(C)cc3)c3ccc(C)cc3)cc2)c2ccc(N(c3ccc(C)cc3)c3ccc(C)cc3)cc2)cc1. The largest absolute Gasteiger partial charge is 0.311 e. The molecule has 7 rings (SSSR count). The van der Waals surface area contributed by atoms with E-state index in [1.54, 1.807) is 0 Å². The van der Waals surface area contributed by atoms with Gasteiger partial charge in [-0.2, -0.15) is 0 Å². The van der Waals surface area contributed by atoms with Crippen molar-refractivity contribution in [3.8, 4) is 0 Å². The molecule has 0 saturated carbocycles. The van der Waals surface area contributed by atoms with Gasteiger partial charge in [-0.25, -0.2) is 0 Å². The quantitative estimate of drug-likeness (QED) is 0.142. The Hall–Kier alpha value is -6.12. The summed E-state index contributed by atoms with van der Waals surface area (Å²) in [5, 5.41) is 0. The number of aryl methyl sites for hydroxylation is 5. The molecule has 0 spiro atoms. The van der Waals surface area contributed by atoms with Gasteiger partial charge in [0.25, 0.3) is 0 Å². The van der Waals surface area contributed by atoms with E-state index in [1.807, 2.05) is 0 Å². The third kappa shape index (κ3) is 7.71. The van der Waals surface area contributed by atoms with Crippen molar-refractivity contribution in [3.63, 3.8) is 0 Å². The van der Waals surface area contributed by atoms with Crippen LogP contribution in [0.4, 0.5) is 34.1 Å². The highest BCUT2D eigenvalue weighted by Crippen LogP contribution is 2.38. The predicted molar refractivity (Wildman–Crippen MR) is 219 cm³/mol. The van der Waals surface area contributed by atoms with Gasteiger partial charge in [0, 0.05) is 34.1 Å². The number of nitrogens with zero attached hydrogens (tertiary/aromatic N) is 2. The Labute approximate surface area is 303 Å². The van der Waals surface area contributed by atoms with Gasteiger partial charge in [0.15, 0.2) is 0 Å². The van der Waals surface area contributed by atoms with Crippen LogP contribution in [0, 0.1) is 34.6 Å². The minimum absolute atomic E-state index is 1.11. The van der Waals surface area contributed by atoms with E-state index in [0.29, 0.717) is 0 Å². The third-order valence-electron chi connectivity index (χ3n) is 9.43. The fourth-order valence-corrected chi connectivity index (χ4v) is 6.41. The van der Waals surface area contributed by atoms with E-state index in [2.05, 4.69) is 220 Å². The Morgan fingerprint density at radius 2 is 0.510 bits per heavy atom. The predicted octanol–water partition coefficient (Wildman–Crippen LogP) is 13.8. The summed E-state index contributed by atoms with van der Waals surface area (Å²) in [6.45, 7) is 10.7. The molecule has 0 fully saturated rings. The van der Waals surface area contributed by atoms with Gasteiger partial charge in [-0.1, -0.05) is 125 Å². The fraction of sp³-hybridized carbons (Fsp3) is 0.102. The monoisotopic (exact) mass is 660 g/mol. The molecule has 7 aromatic carbocycles. The van der Waals surface area contributed by atoms with Crippen molar-refractivity contribution < 1.29 is 0 Å². The van der Waals surface area contributed by atoms with Crippen LogP contribution in [0.2, 0.25) is 0 Å². The maximum atomic E-state index is 2.32. The van der Waals surface area contributed by atoms with Crippen molar-refractivity contribution >= 4 is 45.8 Å². The van der Waals surface area contributed by atoms with E-state index in [0.717, 1.165) is 45.3 Å². The molecule has 0 unspecified atom stereocenters. The van der Waals surface area contributed by atoms with Crippen molar-refractivity contribution in [2.75, 3.05) is 9.80 Å². The van der Waals surface area contributed by atoms with Crippen LogP contribution in [0.3, 0.4) is 0 Å². The Kier molecular flexibility index (Phi) is 9.67. The van der Waals surface area contributed by atoms with Gasteiger partial charge >= 0.3 is 0 Å². The van der Waals surface area contributed by atoms with Crippen LogP contribution in [0.1, 0.15) is 44.5 Å². The highest BCUT2D eigenvalue weighted by Gasteiger charge is 2.16. The Morgan fingerprint density at radius 3 is 0.765 bits per heavy atom. The molecule has 0 amide bonds. The van der Waals surface area contributed by atoms with Gasteiger partial charge in [0.1, 0.15) is 0 Å². The van der Waals surface area contributed by atoms with Gasteiger partial charge in [-0.15, -0.1) is 0 Å². The van der Waals surface area contributed by atoms with Crippen LogP contribution in [0.5, 0.6) is 0 Å². The summed E-state index contributed by atoms with van der Waals surface area (Å²) < 4.78 is 0. The lowest BCUT2D eigenvalue weighted by molar-refractivity contribution is 1.26. The fourth-order valence-electron chi connectivity index (χ4n) is 6.41. The minimum Gasteiger partial charge on any atom is -0.311 e. The minimum atomic E-state index is 1.11. The zero-order chi connectivity index (χ0) is 35.3. The summed E-state index contributed by atoms with van der Waals surface area (Å²) in [7, 11) is 0. The van der Waals surface area contributed by atoms with Gasteiger partial charge in [0.05, 0.1) is 0 Å². The molecule has 7 aromatic rings. The molecule has 0 aliphatic heterocycles. The molecule has 0 aliphatic rings. The lowest BCUT2D eigenvalue weighted by atomic mass is 9.94. The average molecular weight is 661 g/mol. The van der Waals surface area contributed by atoms with E-state index in [9.17, 15) is 0 Å². The van der Waals surface area contributed by atoms with Crippen LogP contribution in [-0.2, 0) is 0 Å².